The SMILES string of the molecule is CN(CCO)S(=O)(=O)c1cc2c(c([N+](=O)[O-])c1)-c1c(cc(S(=O)(=O)N(C)CCO)cc1[N+](=O)[O-])C2=O. The van der Waals surface area contributed by atoms with E-state index < -0.39 is 92.3 Å². The Kier molecular flexibility index (Phi) is 7.26. The number of benzene rings is 2. The molecule has 0 atom stereocenters. The second-order valence-corrected chi connectivity index (χ2v) is 11.8. The van der Waals surface area contributed by atoms with Gasteiger partial charge in [0.25, 0.3) is 11.4 Å². The molecule has 0 unspecified atom stereocenters. The van der Waals surface area contributed by atoms with Crippen molar-refractivity contribution in [3.63, 3.8) is 0 Å². The molecule has 1 aliphatic carbocycles. The molecule has 0 fully saturated rings. The Hall–Kier alpha value is -3.35. The summed E-state index contributed by atoms with van der Waals surface area (Å²) in [6.07, 6.45) is 0. The van der Waals surface area contributed by atoms with Gasteiger partial charge in [-0.05, 0) is 12.1 Å². The predicted octanol–water partition coefficient (Wildman–Crippen LogP) is -0.0600. The minimum absolute atomic E-state index is 0.352. The van der Waals surface area contributed by atoms with Gasteiger partial charge in [-0.3, -0.25) is 25.0 Å². The maximum atomic E-state index is 13.2. The molecule has 194 valence electrons. The Balaban J connectivity index is 2.37. The van der Waals surface area contributed by atoms with Crippen LogP contribution < -0.4 is 0 Å². The number of aliphatic hydroxyl groups is 2. The molecule has 1 aliphatic rings. The van der Waals surface area contributed by atoms with Crippen molar-refractivity contribution in [1.82, 2.24) is 8.61 Å². The summed E-state index contributed by atoms with van der Waals surface area (Å²) in [6, 6.07) is 2.94. The number of fused-ring (bicyclic) bond motifs is 3. The van der Waals surface area contributed by atoms with E-state index in [1.54, 1.807) is 0 Å². The number of aliphatic hydroxyl groups excluding tert-OH is 2. The maximum Gasteiger partial charge on any atom is 0.279 e. The van der Waals surface area contributed by atoms with E-state index in [1.165, 1.54) is 0 Å². The molecular formula is C19H20N4O11S2. The van der Waals surface area contributed by atoms with Crippen molar-refractivity contribution in [3.8, 4) is 11.1 Å². The Morgan fingerprint density at radius 2 is 1.08 bits per heavy atom. The van der Waals surface area contributed by atoms with Crippen LogP contribution in [0.5, 0.6) is 0 Å². The molecule has 0 aliphatic heterocycles. The fourth-order valence-corrected chi connectivity index (χ4v) is 6.12. The van der Waals surface area contributed by atoms with Crippen LogP contribution in [-0.4, -0.2) is 91.7 Å². The molecule has 2 aromatic rings. The number of hydrogen-bond acceptors (Lipinski definition) is 11. The maximum absolute atomic E-state index is 13.2. The number of nitro groups is 2. The highest BCUT2D eigenvalue weighted by atomic mass is 32.2. The van der Waals surface area contributed by atoms with Crippen molar-refractivity contribution in [2.75, 3.05) is 40.4 Å². The topological polar surface area (TPSA) is 219 Å². The summed E-state index contributed by atoms with van der Waals surface area (Å²) in [5.74, 6) is -1.05. The first-order valence-corrected chi connectivity index (χ1v) is 12.9. The number of ketones is 1. The van der Waals surface area contributed by atoms with Gasteiger partial charge in [-0.15, -0.1) is 0 Å². The molecule has 0 aromatic heterocycles. The lowest BCUT2D eigenvalue weighted by Gasteiger charge is -2.16. The summed E-state index contributed by atoms with van der Waals surface area (Å²) in [5, 5.41) is 41.8. The van der Waals surface area contributed by atoms with Crippen LogP contribution in [0.4, 0.5) is 11.4 Å². The van der Waals surface area contributed by atoms with Crippen molar-refractivity contribution in [1.29, 1.82) is 0 Å². The van der Waals surface area contributed by atoms with Gasteiger partial charge < -0.3 is 10.2 Å². The zero-order valence-electron chi connectivity index (χ0n) is 18.8. The number of hydrogen-bond donors (Lipinski definition) is 2. The van der Waals surface area contributed by atoms with E-state index in [2.05, 4.69) is 0 Å². The van der Waals surface area contributed by atoms with E-state index in [0.29, 0.717) is 20.7 Å². The molecule has 0 bridgehead atoms. The third-order valence-corrected chi connectivity index (χ3v) is 9.23. The molecule has 0 saturated carbocycles. The van der Waals surface area contributed by atoms with Crippen molar-refractivity contribution < 1.29 is 41.7 Å². The summed E-state index contributed by atoms with van der Waals surface area (Å²) in [7, 11) is -6.61. The van der Waals surface area contributed by atoms with Crippen LogP contribution in [0.25, 0.3) is 11.1 Å². The van der Waals surface area contributed by atoms with Gasteiger partial charge in [-0.1, -0.05) is 0 Å². The lowest BCUT2D eigenvalue weighted by molar-refractivity contribution is -0.386. The molecule has 15 nitrogen and oxygen atoms in total. The summed E-state index contributed by atoms with van der Waals surface area (Å²) >= 11 is 0. The third-order valence-electron chi connectivity index (χ3n) is 5.56. The Morgan fingerprint density at radius 1 is 0.750 bits per heavy atom. The molecule has 2 aromatic carbocycles. The van der Waals surface area contributed by atoms with Crippen molar-refractivity contribution in [3.05, 3.63) is 55.6 Å². The van der Waals surface area contributed by atoms with Gasteiger partial charge in [0.05, 0.1) is 44.0 Å². The number of likely N-dealkylation sites (N-methyl/N-ethyl adjacent to an activating group) is 2. The number of rotatable bonds is 10. The van der Waals surface area contributed by atoms with E-state index >= 15 is 0 Å². The van der Waals surface area contributed by atoms with E-state index in [1.807, 2.05) is 0 Å². The largest absolute Gasteiger partial charge is 0.395 e. The third kappa shape index (κ3) is 4.36. The van der Waals surface area contributed by atoms with Crippen LogP contribution in [0.3, 0.4) is 0 Å². The Bertz CT molecular complexity index is 1390. The number of sulfonamides is 2. The quantitative estimate of drug-likeness (QED) is 0.254. The Morgan fingerprint density at radius 3 is 1.36 bits per heavy atom. The summed E-state index contributed by atoms with van der Waals surface area (Å²) in [4.78, 5) is 33.6. The second-order valence-electron chi connectivity index (χ2n) is 7.67. The fraction of sp³-hybridized carbons (Fsp3) is 0.316. The van der Waals surface area contributed by atoms with Crippen LogP contribution >= 0.6 is 0 Å². The van der Waals surface area contributed by atoms with Crippen LogP contribution in [0, 0.1) is 20.2 Å². The first kappa shape index (κ1) is 27.2. The highest BCUT2D eigenvalue weighted by Gasteiger charge is 2.42. The molecule has 2 N–H and O–H groups in total. The second kappa shape index (κ2) is 9.60. The highest BCUT2D eigenvalue weighted by Crippen LogP contribution is 2.49. The molecule has 17 heteroatoms. The monoisotopic (exact) mass is 544 g/mol. The molecule has 0 amide bonds. The molecule has 36 heavy (non-hydrogen) atoms. The summed E-state index contributed by atoms with van der Waals surface area (Å²) < 4.78 is 52.8. The lowest BCUT2D eigenvalue weighted by atomic mass is 10.0. The van der Waals surface area contributed by atoms with Gasteiger partial charge in [0.15, 0.2) is 5.78 Å². The fourth-order valence-electron chi connectivity index (χ4n) is 3.70. The van der Waals surface area contributed by atoms with Crippen molar-refractivity contribution >= 4 is 37.2 Å². The van der Waals surface area contributed by atoms with Gasteiger partial charge in [0, 0.05) is 50.4 Å². The predicted molar refractivity (Wildman–Crippen MR) is 122 cm³/mol. The van der Waals surface area contributed by atoms with E-state index in [-0.39, 0.29) is 13.1 Å². The average Bonchev–Trinajstić information content (AvgIpc) is 3.10. The highest BCUT2D eigenvalue weighted by molar-refractivity contribution is 7.89. The standard InChI is InChI=1S/C19H20N4O11S2/c1-20(3-5-24)35(31,32)11-7-13-17(15(9-11)22(27)28)18-14(19(13)26)8-12(10-16(18)23(29)30)36(33,34)21(2)4-6-25/h7-10,24-25H,3-6H2,1-2H3. The number of nitro benzene ring substituents is 2. The number of carbonyl (C=O) groups excluding carboxylic acids is 1. The smallest absolute Gasteiger partial charge is 0.279 e. The van der Waals surface area contributed by atoms with E-state index in [4.69, 9.17) is 10.2 Å². The molecule has 3 rings (SSSR count). The van der Waals surface area contributed by atoms with Crippen LogP contribution in [0.1, 0.15) is 15.9 Å². The molecule has 0 saturated heterocycles. The van der Waals surface area contributed by atoms with Crippen molar-refractivity contribution in [2.45, 2.75) is 9.79 Å². The normalized spacial score (nSPS) is 13.2. The molecule has 0 heterocycles. The van der Waals surface area contributed by atoms with Gasteiger partial charge in [0.1, 0.15) is 0 Å². The number of carbonyl (C=O) groups is 1. The van der Waals surface area contributed by atoms with E-state index in [0.717, 1.165) is 26.2 Å². The lowest BCUT2D eigenvalue weighted by Crippen LogP contribution is -2.29. The average molecular weight is 545 g/mol. The zero-order valence-corrected chi connectivity index (χ0v) is 20.4. The van der Waals surface area contributed by atoms with Crippen LogP contribution in [0.2, 0.25) is 0 Å². The first-order valence-electron chi connectivity index (χ1n) is 10.0. The van der Waals surface area contributed by atoms with Gasteiger partial charge in [-0.2, -0.15) is 8.61 Å². The molecular weight excluding hydrogens is 524 g/mol. The minimum Gasteiger partial charge on any atom is -0.395 e. The summed E-state index contributed by atoms with van der Waals surface area (Å²) in [6.45, 7) is -1.81. The van der Waals surface area contributed by atoms with Gasteiger partial charge >= 0.3 is 0 Å². The zero-order chi connectivity index (χ0) is 27.2. The molecule has 0 radical (unpaired) electrons. The number of nitrogens with zero attached hydrogens (tertiary/aromatic N) is 4. The Labute approximate surface area is 204 Å². The minimum atomic E-state index is -4.41. The van der Waals surface area contributed by atoms with Gasteiger partial charge in [0.2, 0.25) is 20.0 Å². The summed E-state index contributed by atoms with van der Waals surface area (Å²) in [5.41, 5.74) is -3.90. The van der Waals surface area contributed by atoms with E-state index in [9.17, 15) is 41.9 Å². The first-order chi connectivity index (χ1) is 16.7. The van der Waals surface area contributed by atoms with Crippen molar-refractivity contribution in [2.24, 2.45) is 0 Å². The van der Waals surface area contributed by atoms with Crippen LogP contribution in [-0.2, 0) is 20.0 Å². The van der Waals surface area contributed by atoms with Crippen LogP contribution in [0.15, 0.2) is 34.1 Å². The van der Waals surface area contributed by atoms with Gasteiger partial charge in [-0.25, -0.2) is 16.8 Å². The molecule has 0 spiro atoms.